The van der Waals surface area contributed by atoms with Gasteiger partial charge in [0, 0.05) is 64.6 Å². The largest absolute Gasteiger partial charge is 0.453 e. The number of pyridine rings is 1. The minimum absolute atomic E-state index is 0.259. The Morgan fingerprint density at radius 2 is 1.70 bits per heavy atom. The first-order valence-electron chi connectivity index (χ1n) is 12.0. The molecule has 2 aromatic rings. The van der Waals surface area contributed by atoms with Gasteiger partial charge in [-0.1, -0.05) is 25.1 Å². The van der Waals surface area contributed by atoms with Crippen LogP contribution in [-0.2, 0) is 11.3 Å². The molecule has 2 aliphatic heterocycles. The van der Waals surface area contributed by atoms with E-state index >= 15 is 0 Å². The van der Waals surface area contributed by atoms with E-state index in [9.17, 15) is 4.79 Å². The molecule has 2 aliphatic rings. The van der Waals surface area contributed by atoms with Gasteiger partial charge in [-0.3, -0.25) is 4.90 Å². The van der Waals surface area contributed by atoms with Crippen LogP contribution < -0.4 is 15.1 Å². The molecule has 1 N–H and O–H groups in total. The number of benzene rings is 1. The van der Waals surface area contributed by atoms with Gasteiger partial charge in [-0.15, -0.1) is 0 Å². The zero-order valence-electron chi connectivity index (χ0n) is 19.9. The van der Waals surface area contributed by atoms with Crippen LogP contribution in [0, 0.1) is 0 Å². The first-order chi connectivity index (χ1) is 16.2. The summed E-state index contributed by atoms with van der Waals surface area (Å²) in [5.41, 5.74) is 3.65. The molecule has 0 radical (unpaired) electrons. The SMILES string of the molecule is CCCN1CCN(c2ccccc2CNc2ccc(N3CCN(C(=O)OC)CC3)nc2)CC1. The summed E-state index contributed by atoms with van der Waals surface area (Å²) in [6.07, 6.45) is 2.86. The third kappa shape index (κ3) is 5.87. The zero-order valence-corrected chi connectivity index (χ0v) is 19.9. The maximum Gasteiger partial charge on any atom is 0.409 e. The van der Waals surface area contributed by atoms with Crippen LogP contribution in [0.3, 0.4) is 0 Å². The number of piperazine rings is 2. The fraction of sp³-hybridized carbons (Fsp3) is 0.520. The standard InChI is InChI=1S/C25H36N6O2/c1-3-10-28-11-13-29(14-12-28)23-7-5-4-6-21(23)19-26-22-8-9-24(27-20-22)30-15-17-31(18-16-30)25(32)33-2/h4-9,20,26H,3,10-19H2,1-2H3. The van der Waals surface area contributed by atoms with Crippen LogP contribution in [-0.4, -0.2) is 86.9 Å². The minimum Gasteiger partial charge on any atom is -0.453 e. The molecule has 3 heterocycles. The van der Waals surface area contributed by atoms with Crippen LogP contribution in [0.1, 0.15) is 18.9 Å². The van der Waals surface area contributed by atoms with Gasteiger partial charge < -0.3 is 24.8 Å². The third-order valence-corrected chi connectivity index (χ3v) is 6.51. The molecule has 178 valence electrons. The summed E-state index contributed by atoms with van der Waals surface area (Å²) in [5.74, 6) is 0.940. The van der Waals surface area contributed by atoms with Gasteiger partial charge in [0.1, 0.15) is 5.82 Å². The predicted molar refractivity (Wildman–Crippen MR) is 133 cm³/mol. The molecule has 8 heteroatoms. The van der Waals surface area contributed by atoms with Crippen molar-refractivity contribution in [2.24, 2.45) is 0 Å². The Bertz CT molecular complexity index is 890. The Morgan fingerprint density at radius 3 is 2.36 bits per heavy atom. The van der Waals surface area contributed by atoms with Crippen LogP contribution in [0.2, 0.25) is 0 Å². The highest BCUT2D eigenvalue weighted by Gasteiger charge is 2.22. The molecule has 0 aliphatic carbocycles. The van der Waals surface area contributed by atoms with Crippen molar-refractivity contribution >= 4 is 23.3 Å². The maximum absolute atomic E-state index is 11.7. The van der Waals surface area contributed by atoms with Crippen LogP contribution in [0.25, 0.3) is 0 Å². The summed E-state index contributed by atoms with van der Waals surface area (Å²) in [7, 11) is 1.42. The molecule has 1 aromatic heterocycles. The highest BCUT2D eigenvalue weighted by Crippen LogP contribution is 2.24. The van der Waals surface area contributed by atoms with Crippen molar-refractivity contribution in [2.75, 3.05) is 81.1 Å². The minimum atomic E-state index is -0.259. The molecule has 0 bridgehead atoms. The van der Waals surface area contributed by atoms with Crippen molar-refractivity contribution in [3.8, 4) is 0 Å². The lowest BCUT2D eigenvalue weighted by Gasteiger charge is -2.37. The molecule has 1 aromatic carbocycles. The van der Waals surface area contributed by atoms with Gasteiger partial charge in [0.25, 0.3) is 0 Å². The molecular formula is C25H36N6O2. The highest BCUT2D eigenvalue weighted by atomic mass is 16.5. The lowest BCUT2D eigenvalue weighted by Crippen LogP contribution is -2.49. The maximum atomic E-state index is 11.7. The Balaban J connectivity index is 1.31. The van der Waals surface area contributed by atoms with E-state index in [1.807, 2.05) is 6.20 Å². The van der Waals surface area contributed by atoms with Crippen molar-refractivity contribution < 1.29 is 9.53 Å². The van der Waals surface area contributed by atoms with E-state index in [0.29, 0.717) is 13.1 Å². The molecule has 8 nitrogen and oxygen atoms in total. The number of nitrogens with zero attached hydrogens (tertiary/aromatic N) is 5. The van der Waals surface area contributed by atoms with Crippen molar-refractivity contribution in [3.05, 3.63) is 48.2 Å². The molecule has 2 fully saturated rings. The summed E-state index contributed by atoms with van der Waals surface area (Å²) < 4.78 is 4.81. The molecule has 0 unspecified atom stereocenters. The average Bonchev–Trinajstić information content (AvgIpc) is 2.88. The molecule has 33 heavy (non-hydrogen) atoms. The lowest BCUT2D eigenvalue weighted by atomic mass is 10.1. The average molecular weight is 453 g/mol. The highest BCUT2D eigenvalue weighted by molar-refractivity contribution is 5.68. The van der Waals surface area contributed by atoms with E-state index in [2.05, 4.69) is 68.3 Å². The van der Waals surface area contributed by atoms with E-state index in [4.69, 9.17) is 4.74 Å². The second-order valence-electron chi connectivity index (χ2n) is 8.66. The number of carbonyl (C=O) groups excluding carboxylic acids is 1. The van der Waals surface area contributed by atoms with Crippen molar-refractivity contribution in [2.45, 2.75) is 19.9 Å². The van der Waals surface area contributed by atoms with Crippen LogP contribution in [0.5, 0.6) is 0 Å². The van der Waals surface area contributed by atoms with Crippen molar-refractivity contribution in [3.63, 3.8) is 0 Å². The number of amides is 1. The number of hydrogen-bond acceptors (Lipinski definition) is 7. The Hall–Kier alpha value is -3.00. The van der Waals surface area contributed by atoms with E-state index < -0.39 is 0 Å². The van der Waals surface area contributed by atoms with Gasteiger partial charge in [-0.05, 0) is 36.7 Å². The normalized spacial score (nSPS) is 17.2. The van der Waals surface area contributed by atoms with Gasteiger partial charge in [0.2, 0.25) is 0 Å². The van der Waals surface area contributed by atoms with E-state index in [1.165, 1.54) is 31.3 Å². The Labute approximate surface area is 197 Å². The summed E-state index contributed by atoms with van der Waals surface area (Å²) in [6.45, 7) is 11.5. The number of aromatic nitrogens is 1. The first kappa shape index (κ1) is 23.2. The van der Waals surface area contributed by atoms with Gasteiger partial charge >= 0.3 is 6.09 Å². The molecule has 0 spiro atoms. The van der Waals surface area contributed by atoms with Crippen LogP contribution in [0.15, 0.2) is 42.6 Å². The Kier molecular flexibility index (Phi) is 7.88. The van der Waals surface area contributed by atoms with E-state index in [-0.39, 0.29) is 6.09 Å². The fourth-order valence-electron chi connectivity index (χ4n) is 4.62. The molecule has 0 atom stereocenters. The molecular weight excluding hydrogens is 416 g/mol. The quantitative estimate of drug-likeness (QED) is 0.693. The number of hydrogen-bond donors (Lipinski definition) is 1. The van der Waals surface area contributed by atoms with Crippen LogP contribution in [0.4, 0.5) is 22.0 Å². The fourth-order valence-corrected chi connectivity index (χ4v) is 4.62. The van der Waals surface area contributed by atoms with Crippen molar-refractivity contribution in [1.29, 1.82) is 0 Å². The number of nitrogens with one attached hydrogen (secondary N) is 1. The van der Waals surface area contributed by atoms with Gasteiger partial charge in [0.15, 0.2) is 0 Å². The smallest absolute Gasteiger partial charge is 0.409 e. The van der Waals surface area contributed by atoms with Crippen LogP contribution >= 0.6 is 0 Å². The number of carbonyl (C=O) groups is 1. The monoisotopic (exact) mass is 452 g/mol. The first-order valence-corrected chi connectivity index (χ1v) is 12.0. The van der Waals surface area contributed by atoms with Gasteiger partial charge in [-0.25, -0.2) is 9.78 Å². The lowest BCUT2D eigenvalue weighted by molar-refractivity contribution is 0.121. The second-order valence-corrected chi connectivity index (χ2v) is 8.66. The second kappa shape index (κ2) is 11.2. The number of ether oxygens (including phenoxy) is 1. The summed E-state index contributed by atoms with van der Waals surface area (Å²) in [4.78, 5) is 25.3. The zero-order chi connectivity index (χ0) is 23.0. The molecule has 1 amide bonds. The number of para-hydroxylation sites is 1. The van der Waals surface area contributed by atoms with E-state index in [1.54, 1.807) is 4.90 Å². The van der Waals surface area contributed by atoms with Gasteiger partial charge in [-0.2, -0.15) is 0 Å². The number of methoxy groups -OCH3 is 1. The van der Waals surface area contributed by atoms with Crippen molar-refractivity contribution in [1.82, 2.24) is 14.8 Å². The van der Waals surface area contributed by atoms with E-state index in [0.717, 1.165) is 57.3 Å². The summed E-state index contributed by atoms with van der Waals surface area (Å²) in [6, 6.07) is 12.8. The Morgan fingerprint density at radius 1 is 0.970 bits per heavy atom. The number of rotatable bonds is 7. The summed E-state index contributed by atoms with van der Waals surface area (Å²) >= 11 is 0. The predicted octanol–water partition coefficient (Wildman–Crippen LogP) is 3.11. The number of anilines is 3. The molecule has 4 rings (SSSR count). The molecule has 0 saturated carbocycles. The topological polar surface area (TPSA) is 64.2 Å². The summed E-state index contributed by atoms with van der Waals surface area (Å²) in [5, 5.41) is 3.54. The molecule has 2 saturated heterocycles. The third-order valence-electron chi connectivity index (χ3n) is 6.51. The van der Waals surface area contributed by atoms with Gasteiger partial charge in [0.05, 0.1) is 19.0 Å².